The summed E-state index contributed by atoms with van der Waals surface area (Å²) in [6.07, 6.45) is 8.98. The van der Waals surface area contributed by atoms with Gasteiger partial charge < -0.3 is 28.4 Å². The van der Waals surface area contributed by atoms with Gasteiger partial charge in [0.2, 0.25) is 0 Å². The molecule has 1 aliphatic heterocycles. The van der Waals surface area contributed by atoms with Crippen molar-refractivity contribution in [1.82, 2.24) is 4.90 Å². The first-order valence-corrected chi connectivity index (χ1v) is 15.4. The highest BCUT2D eigenvalue weighted by atomic mass is 16.7. The van der Waals surface area contributed by atoms with Crippen molar-refractivity contribution in [3.63, 3.8) is 0 Å². The number of ether oxygens (including phenoxy) is 6. The quantitative estimate of drug-likeness (QED) is 0.0671. The third-order valence-electron chi connectivity index (χ3n) is 7.61. The van der Waals surface area contributed by atoms with Gasteiger partial charge in [-0.25, -0.2) is 0 Å². The molecule has 0 atom stereocenters. The number of piperidine rings is 1. The Labute approximate surface area is 267 Å². The second kappa shape index (κ2) is 19.6. The number of nitrogens with zero attached hydrogens (tertiary/aromatic N) is 1. The van der Waals surface area contributed by atoms with Gasteiger partial charge in [-0.3, -0.25) is 9.69 Å². The number of hydrogen-bond donors (Lipinski definition) is 0. The maximum Gasteiger partial charge on any atom is 0.189 e. The second-order valence-electron chi connectivity index (χ2n) is 10.7. The maximum atomic E-state index is 13.1. The van der Waals surface area contributed by atoms with Gasteiger partial charge in [-0.05, 0) is 60.8 Å². The molecule has 0 aromatic heterocycles. The fourth-order valence-corrected chi connectivity index (χ4v) is 5.25. The average Bonchev–Trinajstić information content (AvgIpc) is 3.08. The van der Waals surface area contributed by atoms with Crippen LogP contribution >= 0.6 is 0 Å². The maximum absolute atomic E-state index is 13.1. The van der Waals surface area contributed by atoms with Gasteiger partial charge in [0.1, 0.15) is 0 Å². The zero-order chi connectivity index (χ0) is 31.5. The molecule has 0 amide bonds. The Hall–Kier alpha value is -3.79. The minimum absolute atomic E-state index is 0.0266. The van der Waals surface area contributed by atoms with Crippen LogP contribution in [0.25, 0.3) is 6.08 Å². The van der Waals surface area contributed by atoms with E-state index in [0.29, 0.717) is 37.9 Å². The van der Waals surface area contributed by atoms with Gasteiger partial charge in [0.25, 0.3) is 0 Å². The molecule has 45 heavy (non-hydrogen) atoms. The molecular formula is C37H45NO7. The summed E-state index contributed by atoms with van der Waals surface area (Å²) in [4.78, 5) is 15.6. The molecule has 8 heteroatoms. The minimum Gasteiger partial charge on any atom is -0.464 e. The van der Waals surface area contributed by atoms with Crippen LogP contribution in [0.15, 0.2) is 97.1 Å². The Bertz CT molecular complexity index is 1280. The average molecular weight is 616 g/mol. The Morgan fingerprint density at radius 1 is 0.756 bits per heavy atom. The molecular weight excluding hydrogens is 570 g/mol. The first-order valence-electron chi connectivity index (χ1n) is 15.4. The SMILES string of the molecule is COCCOCOc1ccc(C=CC=CC(=O)C2CCN(C(c3ccccc3)c3ccccc3)CC2)cc1OCOCCOC. The van der Waals surface area contributed by atoms with Crippen LogP contribution in [-0.4, -0.2) is 78.0 Å². The highest BCUT2D eigenvalue weighted by Crippen LogP contribution is 2.33. The first kappa shape index (κ1) is 34.1. The fraction of sp³-hybridized carbons (Fsp3) is 0.378. The number of likely N-dealkylation sites (tertiary alicyclic amines) is 1. The second-order valence-corrected chi connectivity index (χ2v) is 10.7. The van der Waals surface area contributed by atoms with E-state index in [1.807, 2.05) is 36.4 Å². The van der Waals surface area contributed by atoms with Gasteiger partial charge in [-0.15, -0.1) is 0 Å². The van der Waals surface area contributed by atoms with Gasteiger partial charge >= 0.3 is 0 Å². The minimum atomic E-state index is 0.0266. The highest BCUT2D eigenvalue weighted by Gasteiger charge is 2.29. The van der Waals surface area contributed by atoms with E-state index in [4.69, 9.17) is 28.4 Å². The van der Waals surface area contributed by atoms with Crippen LogP contribution in [0.5, 0.6) is 11.5 Å². The summed E-state index contributed by atoms with van der Waals surface area (Å²) in [5, 5.41) is 0. The molecule has 0 spiro atoms. The smallest absolute Gasteiger partial charge is 0.189 e. The number of rotatable bonds is 19. The molecule has 3 aromatic carbocycles. The van der Waals surface area contributed by atoms with E-state index in [-0.39, 0.29) is 31.3 Å². The molecule has 8 nitrogen and oxygen atoms in total. The lowest BCUT2D eigenvalue weighted by Gasteiger charge is -2.37. The van der Waals surface area contributed by atoms with Crippen molar-refractivity contribution in [3.8, 4) is 11.5 Å². The molecule has 4 rings (SSSR count). The molecule has 0 bridgehead atoms. The zero-order valence-electron chi connectivity index (χ0n) is 26.3. The largest absolute Gasteiger partial charge is 0.464 e. The van der Waals surface area contributed by atoms with Crippen molar-refractivity contribution in [2.45, 2.75) is 18.9 Å². The number of carbonyl (C=O) groups is 1. The summed E-state index contributed by atoms with van der Waals surface area (Å²) < 4.78 is 32.4. The normalized spacial score (nSPS) is 14.5. The molecule has 0 unspecified atom stereocenters. The molecule has 1 aliphatic rings. The van der Waals surface area contributed by atoms with Crippen molar-refractivity contribution in [3.05, 3.63) is 114 Å². The summed E-state index contributed by atoms with van der Waals surface area (Å²) in [5.41, 5.74) is 3.45. The number of methoxy groups -OCH3 is 2. The topological polar surface area (TPSA) is 75.7 Å². The third kappa shape index (κ3) is 11.3. The first-order chi connectivity index (χ1) is 22.2. The van der Waals surface area contributed by atoms with E-state index in [1.54, 1.807) is 20.3 Å². The fourth-order valence-electron chi connectivity index (χ4n) is 5.25. The molecule has 240 valence electrons. The summed E-state index contributed by atoms with van der Waals surface area (Å²) in [6, 6.07) is 27.0. The lowest BCUT2D eigenvalue weighted by molar-refractivity contribution is -0.119. The Balaban J connectivity index is 1.31. The van der Waals surface area contributed by atoms with Gasteiger partial charge in [0.15, 0.2) is 30.9 Å². The van der Waals surface area contributed by atoms with Crippen molar-refractivity contribution < 1.29 is 33.2 Å². The van der Waals surface area contributed by atoms with Crippen molar-refractivity contribution in [1.29, 1.82) is 0 Å². The van der Waals surface area contributed by atoms with Crippen LogP contribution in [0.1, 0.15) is 35.6 Å². The lowest BCUT2D eigenvalue weighted by Crippen LogP contribution is -2.39. The molecule has 1 saturated heterocycles. The molecule has 0 N–H and O–H groups in total. The van der Waals surface area contributed by atoms with Crippen molar-refractivity contribution in [2.24, 2.45) is 5.92 Å². The van der Waals surface area contributed by atoms with E-state index >= 15 is 0 Å². The zero-order valence-corrected chi connectivity index (χ0v) is 26.3. The van der Waals surface area contributed by atoms with E-state index in [0.717, 1.165) is 31.5 Å². The van der Waals surface area contributed by atoms with Crippen molar-refractivity contribution >= 4 is 11.9 Å². The summed E-state index contributed by atoms with van der Waals surface area (Å²) in [5.74, 6) is 1.27. The number of hydrogen-bond acceptors (Lipinski definition) is 8. The summed E-state index contributed by atoms with van der Waals surface area (Å²) >= 11 is 0. The standard InChI is InChI=1S/C37H45NO7/c1-40-23-25-42-28-44-35-18-17-30(27-36(35)45-29-43-26-24-41-2)11-9-10-16-34(39)31-19-21-38(22-20-31)37(32-12-5-3-6-13-32)33-14-7-4-8-15-33/h3-18,27,31,37H,19-26,28-29H2,1-2H3. The van der Waals surface area contributed by atoms with Gasteiger partial charge in [-0.1, -0.05) is 85.0 Å². The Kier molecular flexibility index (Phi) is 14.8. The van der Waals surface area contributed by atoms with Crippen LogP contribution in [-0.2, 0) is 23.7 Å². The summed E-state index contributed by atoms with van der Waals surface area (Å²) in [6.45, 7) is 3.70. The van der Waals surface area contributed by atoms with E-state index in [2.05, 4.69) is 65.6 Å². The Morgan fingerprint density at radius 2 is 1.33 bits per heavy atom. The number of carbonyl (C=O) groups excluding carboxylic acids is 1. The number of benzene rings is 3. The van der Waals surface area contributed by atoms with Gasteiger partial charge in [0, 0.05) is 20.1 Å². The van der Waals surface area contributed by atoms with E-state index in [1.165, 1.54) is 11.1 Å². The number of ketones is 1. The molecule has 0 radical (unpaired) electrons. The van der Waals surface area contributed by atoms with Gasteiger partial charge in [0.05, 0.1) is 32.5 Å². The highest BCUT2D eigenvalue weighted by molar-refractivity contribution is 5.92. The van der Waals surface area contributed by atoms with Crippen LogP contribution < -0.4 is 9.47 Å². The number of allylic oxidation sites excluding steroid dienone is 3. The lowest BCUT2D eigenvalue weighted by atomic mass is 9.89. The third-order valence-corrected chi connectivity index (χ3v) is 7.61. The Morgan fingerprint density at radius 3 is 1.91 bits per heavy atom. The van der Waals surface area contributed by atoms with Crippen LogP contribution in [0.2, 0.25) is 0 Å². The molecule has 0 aliphatic carbocycles. The van der Waals surface area contributed by atoms with Crippen LogP contribution in [0.3, 0.4) is 0 Å². The predicted molar refractivity (Wildman–Crippen MR) is 175 cm³/mol. The van der Waals surface area contributed by atoms with E-state index in [9.17, 15) is 4.79 Å². The van der Waals surface area contributed by atoms with Crippen LogP contribution in [0.4, 0.5) is 0 Å². The van der Waals surface area contributed by atoms with Gasteiger partial charge in [-0.2, -0.15) is 0 Å². The van der Waals surface area contributed by atoms with Crippen LogP contribution in [0, 0.1) is 5.92 Å². The summed E-state index contributed by atoms with van der Waals surface area (Å²) in [7, 11) is 3.24. The predicted octanol–water partition coefficient (Wildman–Crippen LogP) is 6.33. The van der Waals surface area contributed by atoms with Crippen molar-refractivity contribution in [2.75, 3.05) is 67.3 Å². The monoisotopic (exact) mass is 615 g/mol. The van der Waals surface area contributed by atoms with E-state index < -0.39 is 0 Å². The molecule has 0 saturated carbocycles. The molecule has 1 fully saturated rings. The molecule has 3 aromatic rings. The molecule has 1 heterocycles.